The Morgan fingerprint density at radius 3 is 1.28 bits per heavy atom. The van der Waals surface area contributed by atoms with E-state index in [9.17, 15) is 19.0 Å². The van der Waals surface area contributed by atoms with Crippen LogP contribution in [0.4, 0.5) is 0 Å². The fourth-order valence-corrected chi connectivity index (χ4v) is 7.69. The summed E-state index contributed by atoms with van der Waals surface area (Å²) in [6.45, 7) is 4.46. The maximum absolute atomic E-state index is 12.7. The van der Waals surface area contributed by atoms with Crippen LogP contribution in [0.2, 0.25) is 0 Å². The van der Waals surface area contributed by atoms with Gasteiger partial charge in [0.2, 0.25) is 0 Å². The number of phosphoric ester groups is 1. The lowest BCUT2D eigenvalue weighted by Gasteiger charge is -2.24. The quantitative estimate of drug-likeness (QED) is 0.0212. The number of phosphoric acid groups is 1. The van der Waals surface area contributed by atoms with Crippen molar-refractivity contribution in [3.8, 4) is 0 Å². The molecule has 0 aliphatic heterocycles. The Hall–Kier alpha value is -1.25. The number of ether oxygens (including phenoxy) is 2. The van der Waals surface area contributed by atoms with Crippen LogP contribution in [-0.2, 0) is 32.7 Å². The highest BCUT2D eigenvalue weighted by molar-refractivity contribution is 7.47. The van der Waals surface area contributed by atoms with Gasteiger partial charge in [-0.25, -0.2) is 4.57 Å². The fraction of sp³-hybridized carbons (Fsp3) is 0.917. The van der Waals surface area contributed by atoms with Gasteiger partial charge in [0, 0.05) is 12.8 Å². The van der Waals surface area contributed by atoms with Crippen molar-refractivity contribution in [1.29, 1.82) is 0 Å². The zero-order chi connectivity index (χ0) is 42.8. The average molecular weight is 845 g/mol. The fourth-order valence-electron chi connectivity index (χ4n) is 6.95. The van der Waals surface area contributed by atoms with Gasteiger partial charge in [0.1, 0.15) is 19.8 Å². The molecule has 10 heteroatoms. The van der Waals surface area contributed by atoms with Crippen molar-refractivity contribution in [3.05, 3.63) is 12.2 Å². The number of rotatable bonds is 45. The Morgan fingerprint density at radius 2 is 0.879 bits per heavy atom. The third kappa shape index (κ3) is 44.3. The van der Waals surface area contributed by atoms with E-state index in [0.29, 0.717) is 23.9 Å². The van der Waals surface area contributed by atoms with Crippen LogP contribution < -0.4 is 0 Å². The Labute approximate surface area is 358 Å². The molecule has 9 nitrogen and oxygen atoms in total. The number of likely N-dealkylation sites (N-methyl/N-ethyl adjacent to an activating group) is 1. The minimum atomic E-state index is -4.37. The summed E-state index contributed by atoms with van der Waals surface area (Å²) >= 11 is 0. The third-order valence-electron chi connectivity index (χ3n) is 10.8. The van der Waals surface area contributed by atoms with Gasteiger partial charge in [0.05, 0.1) is 27.7 Å². The highest BCUT2D eigenvalue weighted by atomic mass is 31.2. The van der Waals surface area contributed by atoms with Crippen molar-refractivity contribution in [2.45, 2.75) is 238 Å². The van der Waals surface area contributed by atoms with E-state index in [0.717, 1.165) is 44.9 Å². The average Bonchev–Trinajstić information content (AvgIpc) is 3.17. The Bertz CT molecular complexity index is 1000. The van der Waals surface area contributed by atoms with Crippen molar-refractivity contribution in [3.63, 3.8) is 0 Å². The van der Waals surface area contributed by atoms with E-state index >= 15 is 0 Å². The van der Waals surface area contributed by atoms with Crippen LogP contribution in [0.15, 0.2) is 12.2 Å². The molecule has 0 spiro atoms. The predicted molar refractivity (Wildman–Crippen MR) is 243 cm³/mol. The number of carbonyl (C=O) groups excluding carboxylic acids is 2. The zero-order valence-corrected chi connectivity index (χ0v) is 39.7. The predicted octanol–water partition coefficient (Wildman–Crippen LogP) is 14.1. The summed E-state index contributed by atoms with van der Waals surface area (Å²) in [4.78, 5) is 35.5. The number of allylic oxidation sites excluding steroid dienone is 2. The van der Waals surface area contributed by atoms with Gasteiger partial charge in [0.25, 0.3) is 0 Å². The molecule has 0 rings (SSSR count). The molecular formula is C48H95NO8P+. The van der Waals surface area contributed by atoms with Gasteiger partial charge >= 0.3 is 19.8 Å². The Balaban J connectivity index is 4.27. The molecule has 2 unspecified atom stereocenters. The van der Waals surface area contributed by atoms with E-state index in [2.05, 4.69) is 26.0 Å². The highest BCUT2D eigenvalue weighted by Gasteiger charge is 2.27. The SMILES string of the molecule is CCCCCCCCC/C=C\CCCCCCCCCC(=O)OC(COC(=O)CCCCCCCCCCCCCCCCCC)COP(=O)(O)OCC[N+](C)(C)C. The van der Waals surface area contributed by atoms with Crippen molar-refractivity contribution >= 4 is 19.8 Å². The molecule has 0 aliphatic rings. The van der Waals surface area contributed by atoms with E-state index in [1.165, 1.54) is 154 Å². The van der Waals surface area contributed by atoms with Gasteiger partial charge in [-0.1, -0.05) is 193 Å². The first-order valence-corrected chi connectivity index (χ1v) is 25.9. The van der Waals surface area contributed by atoms with Crippen molar-refractivity contribution in [2.75, 3.05) is 47.5 Å². The second kappa shape index (κ2) is 41.1. The molecule has 0 saturated heterocycles. The molecule has 0 aromatic heterocycles. The normalized spacial score (nSPS) is 13.6. The minimum Gasteiger partial charge on any atom is -0.462 e. The molecule has 0 bridgehead atoms. The van der Waals surface area contributed by atoms with Crippen molar-refractivity contribution in [1.82, 2.24) is 0 Å². The maximum atomic E-state index is 12.7. The summed E-state index contributed by atoms with van der Waals surface area (Å²) < 4.78 is 34.4. The maximum Gasteiger partial charge on any atom is 0.472 e. The lowest BCUT2D eigenvalue weighted by molar-refractivity contribution is -0.870. The lowest BCUT2D eigenvalue weighted by atomic mass is 10.0. The molecule has 0 amide bonds. The smallest absolute Gasteiger partial charge is 0.462 e. The number of esters is 2. The third-order valence-corrected chi connectivity index (χ3v) is 11.8. The Kier molecular flexibility index (Phi) is 40.2. The molecule has 0 aromatic rings. The summed E-state index contributed by atoms with van der Waals surface area (Å²) in [6.07, 6.45) is 43.9. The summed E-state index contributed by atoms with van der Waals surface area (Å²) in [7, 11) is 1.49. The van der Waals surface area contributed by atoms with E-state index in [1.54, 1.807) is 0 Å². The zero-order valence-electron chi connectivity index (χ0n) is 38.8. The molecule has 2 atom stereocenters. The number of hydrogen-bond donors (Lipinski definition) is 1. The molecule has 58 heavy (non-hydrogen) atoms. The van der Waals surface area contributed by atoms with Crippen molar-refractivity contribution in [2.24, 2.45) is 0 Å². The van der Waals surface area contributed by atoms with Crippen LogP contribution in [0.25, 0.3) is 0 Å². The molecule has 1 N–H and O–H groups in total. The standard InChI is InChI=1S/C48H94NO8P/c1-6-8-10-12-14-16-18-20-22-24-25-27-29-31-33-35-37-39-41-48(51)57-46(45-56-58(52,53)55-43-42-49(3,4)5)44-54-47(50)40-38-36-34-32-30-28-26-23-21-19-17-15-13-11-9-7-2/h22,24,46H,6-21,23,25-45H2,1-5H3/p+1/b24-22-. The van der Waals surface area contributed by atoms with Crippen LogP contribution in [0.1, 0.15) is 232 Å². The van der Waals surface area contributed by atoms with E-state index in [1.807, 2.05) is 21.1 Å². The van der Waals surface area contributed by atoms with E-state index in [4.69, 9.17) is 18.5 Å². The minimum absolute atomic E-state index is 0.0342. The van der Waals surface area contributed by atoms with Gasteiger partial charge in [-0.15, -0.1) is 0 Å². The number of unbranched alkanes of at least 4 members (excludes halogenated alkanes) is 29. The first-order valence-electron chi connectivity index (χ1n) is 24.4. The van der Waals surface area contributed by atoms with Crippen LogP contribution >= 0.6 is 7.82 Å². The number of carbonyl (C=O) groups is 2. The molecule has 0 aromatic carbocycles. The van der Waals surface area contributed by atoms with Crippen LogP contribution in [0.5, 0.6) is 0 Å². The number of nitrogens with zero attached hydrogens (tertiary/aromatic N) is 1. The molecule has 0 heterocycles. The van der Waals surface area contributed by atoms with E-state index in [-0.39, 0.29) is 25.6 Å². The van der Waals surface area contributed by atoms with Crippen LogP contribution in [0, 0.1) is 0 Å². The monoisotopic (exact) mass is 845 g/mol. The largest absolute Gasteiger partial charge is 0.472 e. The molecule has 344 valence electrons. The van der Waals surface area contributed by atoms with Crippen molar-refractivity contribution < 1.29 is 42.1 Å². The van der Waals surface area contributed by atoms with Crippen LogP contribution in [0.3, 0.4) is 0 Å². The molecule has 0 fully saturated rings. The van der Waals surface area contributed by atoms with Gasteiger partial charge in [0.15, 0.2) is 6.10 Å². The topological polar surface area (TPSA) is 108 Å². The summed E-state index contributed by atoms with van der Waals surface area (Å²) in [5.74, 6) is -0.790. The van der Waals surface area contributed by atoms with Crippen LogP contribution in [-0.4, -0.2) is 74.9 Å². The first-order chi connectivity index (χ1) is 28.0. The second-order valence-corrected chi connectivity index (χ2v) is 19.3. The molecule has 0 aliphatic carbocycles. The highest BCUT2D eigenvalue weighted by Crippen LogP contribution is 2.43. The number of quaternary nitrogens is 1. The lowest BCUT2D eigenvalue weighted by Crippen LogP contribution is -2.37. The van der Waals surface area contributed by atoms with Gasteiger partial charge in [-0.3, -0.25) is 18.6 Å². The van der Waals surface area contributed by atoms with Gasteiger partial charge < -0.3 is 18.9 Å². The van der Waals surface area contributed by atoms with Gasteiger partial charge in [-0.05, 0) is 38.5 Å². The Morgan fingerprint density at radius 1 is 0.517 bits per heavy atom. The molecule has 0 saturated carbocycles. The summed E-state index contributed by atoms with van der Waals surface area (Å²) in [5.41, 5.74) is 0. The van der Waals surface area contributed by atoms with Gasteiger partial charge in [-0.2, -0.15) is 0 Å². The molecular weight excluding hydrogens is 750 g/mol. The summed E-state index contributed by atoms with van der Waals surface area (Å²) in [5, 5.41) is 0. The molecule has 0 radical (unpaired) electrons. The second-order valence-electron chi connectivity index (χ2n) is 17.9. The number of hydrogen-bond acceptors (Lipinski definition) is 7. The first kappa shape index (κ1) is 56.8. The van der Waals surface area contributed by atoms with E-state index < -0.39 is 26.5 Å². The summed E-state index contributed by atoms with van der Waals surface area (Å²) in [6, 6.07) is 0.